The summed E-state index contributed by atoms with van der Waals surface area (Å²) in [6, 6.07) is 6.31. The van der Waals surface area contributed by atoms with E-state index in [2.05, 4.69) is 15.3 Å². The van der Waals surface area contributed by atoms with Gasteiger partial charge in [-0.2, -0.15) is 0 Å². The Kier molecular flexibility index (Phi) is 3.49. The summed E-state index contributed by atoms with van der Waals surface area (Å²) in [5, 5.41) is 4.60. The van der Waals surface area contributed by atoms with E-state index in [0.717, 1.165) is 22.4 Å². The molecule has 4 nitrogen and oxygen atoms in total. The second kappa shape index (κ2) is 5.43. The molecule has 100 valence electrons. The molecule has 0 saturated heterocycles. The van der Waals surface area contributed by atoms with Gasteiger partial charge in [0.25, 0.3) is 0 Å². The van der Waals surface area contributed by atoms with E-state index in [1.807, 2.05) is 18.2 Å². The first-order valence-electron chi connectivity index (χ1n) is 7.10. The van der Waals surface area contributed by atoms with E-state index in [0.29, 0.717) is 6.04 Å². The number of benzene rings is 1. The minimum absolute atomic E-state index is 0.530. The van der Waals surface area contributed by atoms with E-state index in [9.17, 15) is 0 Å². The highest BCUT2D eigenvalue weighted by molar-refractivity contribution is 5.91. The van der Waals surface area contributed by atoms with Gasteiger partial charge < -0.3 is 11.1 Å². The molecule has 0 radical (unpaired) electrons. The molecule has 0 spiro atoms. The van der Waals surface area contributed by atoms with Crippen LogP contribution in [0, 0.1) is 0 Å². The van der Waals surface area contributed by atoms with Crippen molar-refractivity contribution in [2.75, 3.05) is 11.1 Å². The Labute approximate surface area is 113 Å². The second-order valence-corrected chi connectivity index (χ2v) is 5.33. The Morgan fingerprint density at radius 1 is 1.05 bits per heavy atom. The summed E-state index contributed by atoms with van der Waals surface area (Å²) in [6.45, 7) is 0. The summed E-state index contributed by atoms with van der Waals surface area (Å²) >= 11 is 0. The molecule has 0 amide bonds. The topological polar surface area (TPSA) is 63.8 Å². The van der Waals surface area contributed by atoms with Crippen LogP contribution in [0.25, 0.3) is 10.9 Å². The molecule has 19 heavy (non-hydrogen) atoms. The smallest absolute Gasteiger partial charge is 0.137 e. The molecule has 0 atom stereocenters. The highest BCUT2D eigenvalue weighted by Gasteiger charge is 2.14. The van der Waals surface area contributed by atoms with Crippen LogP contribution in [0.15, 0.2) is 24.5 Å². The van der Waals surface area contributed by atoms with E-state index in [1.54, 1.807) is 6.33 Å². The average Bonchev–Trinajstić information content (AvgIpc) is 2.68. The van der Waals surface area contributed by atoms with Crippen LogP contribution < -0.4 is 11.1 Å². The van der Waals surface area contributed by atoms with Crippen LogP contribution >= 0.6 is 0 Å². The monoisotopic (exact) mass is 256 g/mol. The minimum atomic E-state index is 0.530. The van der Waals surface area contributed by atoms with E-state index in [1.165, 1.54) is 38.5 Å². The van der Waals surface area contributed by atoms with E-state index >= 15 is 0 Å². The maximum absolute atomic E-state index is 5.87. The van der Waals surface area contributed by atoms with Crippen molar-refractivity contribution >= 4 is 22.4 Å². The van der Waals surface area contributed by atoms with Crippen molar-refractivity contribution in [3.63, 3.8) is 0 Å². The summed E-state index contributed by atoms with van der Waals surface area (Å²) in [6.07, 6.45) is 9.41. The molecule has 1 aromatic heterocycles. The van der Waals surface area contributed by atoms with Gasteiger partial charge in [0.05, 0.1) is 5.52 Å². The largest absolute Gasteiger partial charge is 0.399 e. The zero-order valence-corrected chi connectivity index (χ0v) is 11.1. The fraction of sp³-hybridized carbons (Fsp3) is 0.467. The van der Waals surface area contributed by atoms with Crippen molar-refractivity contribution in [1.82, 2.24) is 9.97 Å². The van der Waals surface area contributed by atoms with Crippen molar-refractivity contribution in [3.05, 3.63) is 24.5 Å². The molecule has 0 bridgehead atoms. The van der Waals surface area contributed by atoms with Crippen molar-refractivity contribution < 1.29 is 0 Å². The number of nitrogens with two attached hydrogens (primary N) is 1. The summed E-state index contributed by atoms with van der Waals surface area (Å²) < 4.78 is 0. The van der Waals surface area contributed by atoms with Crippen LogP contribution in [-0.4, -0.2) is 16.0 Å². The van der Waals surface area contributed by atoms with Crippen LogP contribution in [0.2, 0.25) is 0 Å². The molecule has 3 rings (SSSR count). The van der Waals surface area contributed by atoms with Gasteiger partial charge >= 0.3 is 0 Å². The fourth-order valence-electron chi connectivity index (χ4n) is 2.81. The summed E-state index contributed by atoms with van der Waals surface area (Å²) in [4.78, 5) is 8.68. The number of aromatic nitrogens is 2. The molecule has 2 aromatic rings. The summed E-state index contributed by atoms with van der Waals surface area (Å²) in [5.74, 6) is 0.921. The van der Waals surface area contributed by atoms with E-state index in [-0.39, 0.29) is 0 Å². The second-order valence-electron chi connectivity index (χ2n) is 5.33. The number of fused-ring (bicyclic) bond motifs is 1. The van der Waals surface area contributed by atoms with Crippen molar-refractivity contribution in [2.45, 2.75) is 44.6 Å². The standard InChI is InChI=1S/C15H20N4/c16-11-7-8-14-13(9-11)15(18-10-17-14)19-12-5-3-1-2-4-6-12/h7-10,12H,1-6,16H2,(H,17,18,19). The SMILES string of the molecule is Nc1ccc2ncnc(NC3CCCCCC3)c2c1. The lowest BCUT2D eigenvalue weighted by atomic mass is 10.1. The molecule has 1 aliphatic carbocycles. The summed E-state index contributed by atoms with van der Waals surface area (Å²) in [5.41, 5.74) is 7.57. The zero-order valence-electron chi connectivity index (χ0n) is 11.1. The molecule has 0 unspecified atom stereocenters. The van der Waals surface area contributed by atoms with Crippen LogP contribution in [0.3, 0.4) is 0 Å². The predicted octanol–water partition coefficient (Wildman–Crippen LogP) is 3.35. The molecular formula is C15H20N4. The third-order valence-corrected chi connectivity index (χ3v) is 3.86. The van der Waals surface area contributed by atoms with E-state index < -0.39 is 0 Å². The number of rotatable bonds is 2. The average molecular weight is 256 g/mol. The van der Waals surface area contributed by atoms with Crippen LogP contribution in [0.1, 0.15) is 38.5 Å². The number of hydrogen-bond acceptors (Lipinski definition) is 4. The van der Waals surface area contributed by atoms with Gasteiger partial charge in [-0.05, 0) is 31.0 Å². The number of nitrogen functional groups attached to an aromatic ring is 1. The van der Waals surface area contributed by atoms with Crippen molar-refractivity contribution in [3.8, 4) is 0 Å². The first kappa shape index (κ1) is 12.2. The Morgan fingerprint density at radius 3 is 2.63 bits per heavy atom. The molecule has 1 aromatic carbocycles. The van der Waals surface area contributed by atoms with Gasteiger partial charge in [0.2, 0.25) is 0 Å². The summed E-state index contributed by atoms with van der Waals surface area (Å²) in [7, 11) is 0. The van der Waals surface area contributed by atoms with Crippen molar-refractivity contribution in [2.24, 2.45) is 0 Å². The maximum atomic E-state index is 5.87. The van der Waals surface area contributed by atoms with E-state index in [4.69, 9.17) is 5.73 Å². The third-order valence-electron chi connectivity index (χ3n) is 3.86. The first-order valence-corrected chi connectivity index (χ1v) is 7.10. The highest BCUT2D eigenvalue weighted by atomic mass is 15.0. The lowest BCUT2D eigenvalue weighted by molar-refractivity contribution is 0.618. The minimum Gasteiger partial charge on any atom is -0.399 e. The van der Waals surface area contributed by atoms with Crippen LogP contribution in [-0.2, 0) is 0 Å². The van der Waals surface area contributed by atoms with Gasteiger partial charge in [-0.25, -0.2) is 9.97 Å². The Hall–Kier alpha value is -1.84. The molecule has 1 aliphatic rings. The highest BCUT2D eigenvalue weighted by Crippen LogP contribution is 2.25. The Morgan fingerprint density at radius 2 is 1.84 bits per heavy atom. The van der Waals surface area contributed by atoms with Gasteiger partial charge in [-0.1, -0.05) is 25.7 Å². The van der Waals surface area contributed by atoms with Crippen LogP contribution in [0.4, 0.5) is 11.5 Å². The molecule has 3 N–H and O–H groups in total. The quantitative estimate of drug-likeness (QED) is 0.639. The Bertz CT molecular complexity index is 559. The fourth-order valence-corrected chi connectivity index (χ4v) is 2.81. The lowest BCUT2D eigenvalue weighted by Crippen LogP contribution is -2.19. The number of hydrogen-bond donors (Lipinski definition) is 2. The Balaban J connectivity index is 1.89. The van der Waals surface area contributed by atoms with Gasteiger partial charge in [-0.3, -0.25) is 0 Å². The van der Waals surface area contributed by atoms with Gasteiger partial charge in [-0.15, -0.1) is 0 Å². The molecule has 0 aliphatic heterocycles. The van der Waals surface area contributed by atoms with Gasteiger partial charge in [0.15, 0.2) is 0 Å². The maximum Gasteiger partial charge on any atom is 0.137 e. The number of nitrogens with zero attached hydrogens (tertiary/aromatic N) is 2. The van der Waals surface area contributed by atoms with Gasteiger partial charge in [0, 0.05) is 17.1 Å². The normalized spacial score (nSPS) is 17.3. The third kappa shape index (κ3) is 2.78. The molecule has 1 fully saturated rings. The number of anilines is 2. The molecule has 1 saturated carbocycles. The predicted molar refractivity (Wildman–Crippen MR) is 79.1 cm³/mol. The molecule has 4 heteroatoms. The molecule has 1 heterocycles. The number of nitrogens with one attached hydrogen (secondary N) is 1. The van der Waals surface area contributed by atoms with Gasteiger partial charge in [0.1, 0.15) is 12.1 Å². The van der Waals surface area contributed by atoms with Crippen LogP contribution in [0.5, 0.6) is 0 Å². The lowest BCUT2D eigenvalue weighted by Gasteiger charge is -2.18. The first-order chi connectivity index (χ1) is 9.33. The molecular weight excluding hydrogens is 236 g/mol. The van der Waals surface area contributed by atoms with Crippen molar-refractivity contribution in [1.29, 1.82) is 0 Å². The zero-order chi connectivity index (χ0) is 13.1.